The molecule has 0 aliphatic heterocycles. The van der Waals surface area contributed by atoms with E-state index in [1.807, 2.05) is 24.3 Å². The number of carbonyl (C=O) groups excluding carboxylic acids is 1. The molecule has 2 aromatic carbocycles. The quantitative estimate of drug-likeness (QED) is 0.762. The summed E-state index contributed by atoms with van der Waals surface area (Å²) in [4.78, 5) is 12.5. The molecule has 2 aromatic rings. The average molecular weight is 324 g/mol. The number of hydrogen-bond acceptors (Lipinski definition) is 2. The predicted octanol–water partition coefficient (Wildman–Crippen LogP) is 5.03. The van der Waals surface area contributed by atoms with Gasteiger partial charge in [-0.25, -0.2) is 4.39 Å². The first kappa shape index (κ1) is 15.9. The molecule has 1 N–H and O–H groups in total. The zero-order valence-electron chi connectivity index (χ0n) is 11.7. The fourth-order valence-electron chi connectivity index (χ4n) is 1.83. The van der Waals surface area contributed by atoms with Gasteiger partial charge in [0.15, 0.2) is 0 Å². The standard InChI is InChI=1S/C16H15ClFNOS/c1-9(2)16(20)19-14-7-11(12(17)8-13(14)18)10-5-3-4-6-15(10)21/h3-9,21H,1-2H3,(H,19,20). The van der Waals surface area contributed by atoms with Gasteiger partial charge in [-0.2, -0.15) is 0 Å². The Morgan fingerprint density at radius 1 is 1.24 bits per heavy atom. The molecule has 0 fully saturated rings. The van der Waals surface area contributed by atoms with E-state index < -0.39 is 5.82 Å². The van der Waals surface area contributed by atoms with Gasteiger partial charge in [-0.15, -0.1) is 12.6 Å². The summed E-state index contributed by atoms with van der Waals surface area (Å²) in [7, 11) is 0. The highest BCUT2D eigenvalue weighted by molar-refractivity contribution is 7.80. The van der Waals surface area contributed by atoms with Gasteiger partial charge in [-0.1, -0.05) is 43.6 Å². The molecule has 0 aliphatic rings. The van der Waals surface area contributed by atoms with Crippen LogP contribution in [-0.4, -0.2) is 5.91 Å². The van der Waals surface area contributed by atoms with Crippen LogP contribution in [0.15, 0.2) is 41.3 Å². The monoisotopic (exact) mass is 323 g/mol. The zero-order chi connectivity index (χ0) is 15.6. The van der Waals surface area contributed by atoms with E-state index in [2.05, 4.69) is 17.9 Å². The number of amides is 1. The average Bonchev–Trinajstić information content (AvgIpc) is 2.42. The molecule has 21 heavy (non-hydrogen) atoms. The van der Waals surface area contributed by atoms with Crippen molar-refractivity contribution in [3.8, 4) is 11.1 Å². The van der Waals surface area contributed by atoms with Crippen LogP contribution in [0.25, 0.3) is 11.1 Å². The molecule has 0 saturated heterocycles. The van der Waals surface area contributed by atoms with Crippen molar-refractivity contribution in [2.24, 2.45) is 5.92 Å². The third kappa shape index (κ3) is 3.57. The summed E-state index contributed by atoms with van der Waals surface area (Å²) >= 11 is 10.5. The smallest absolute Gasteiger partial charge is 0.227 e. The number of carbonyl (C=O) groups is 1. The van der Waals surface area contributed by atoms with Crippen LogP contribution >= 0.6 is 24.2 Å². The largest absolute Gasteiger partial charge is 0.323 e. The minimum atomic E-state index is -0.561. The Bertz CT molecular complexity index is 688. The minimum absolute atomic E-state index is 0.115. The Hall–Kier alpha value is -1.52. The summed E-state index contributed by atoms with van der Waals surface area (Å²) < 4.78 is 14.0. The molecule has 5 heteroatoms. The highest BCUT2D eigenvalue weighted by atomic mass is 35.5. The molecule has 0 unspecified atom stereocenters. The Morgan fingerprint density at radius 2 is 1.90 bits per heavy atom. The van der Waals surface area contributed by atoms with Gasteiger partial charge in [0.05, 0.1) is 10.7 Å². The summed E-state index contributed by atoms with van der Waals surface area (Å²) in [6.07, 6.45) is 0. The second-order valence-electron chi connectivity index (χ2n) is 4.97. The fraction of sp³-hybridized carbons (Fsp3) is 0.188. The molecule has 1 amide bonds. The van der Waals surface area contributed by atoms with Gasteiger partial charge in [0.1, 0.15) is 5.82 Å². The maximum absolute atomic E-state index is 14.0. The molecule has 0 atom stereocenters. The van der Waals surface area contributed by atoms with Gasteiger partial charge in [0.25, 0.3) is 0 Å². The van der Waals surface area contributed by atoms with Crippen LogP contribution in [0.1, 0.15) is 13.8 Å². The Labute approximate surface area is 133 Å². The number of benzene rings is 2. The lowest BCUT2D eigenvalue weighted by Gasteiger charge is -2.13. The van der Waals surface area contributed by atoms with E-state index >= 15 is 0 Å². The van der Waals surface area contributed by atoms with Crippen molar-refractivity contribution < 1.29 is 9.18 Å². The summed E-state index contributed by atoms with van der Waals surface area (Å²) in [6.45, 7) is 3.49. The van der Waals surface area contributed by atoms with Crippen molar-refractivity contribution in [3.05, 3.63) is 47.2 Å². The molecule has 0 aromatic heterocycles. The van der Waals surface area contributed by atoms with E-state index in [0.717, 1.165) is 10.5 Å². The summed E-state index contributed by atoms with van der Waals surface area (Å²) in [5.74, 6) is -1.04. The molecule has 110 valence electrons. The number of rotatable bonds is 3. The molecule has 0 radical (unpaired) electrons. The lowest BCUT2D eigenvalue weighted by Crippen LogP contribution is -2.18. The van der Waals surface area contributed by atoms with E-state index in [0.29, 0.717) is 5.56 Å². The van der Waals surface area contributed by atoms with Crippen molar-refractivity contribution in [2.75, 3.05) is 5.32 Å². The molecule has 0 heterocycles. The Morgan fingerprint density at radius 3 is 2.52 bits per heavy atom. The van der Waals surface area contributed by atoms with Gasteiger partial charge in [0.2, 0.25) is 5.91 Å². The van der Waals surface area contributed by atoms with Crippen molar-refractivity contribution in [2.45, 2.75) is 18.7 Å². The van der Waals surface area contributed by atoms with E-state index in [1.165, 1.54) is 12.1 Å². The first-order valence-corrected chi connectivity index (χ1v) is 7.31. The van der Waals surface area contributed by atoms with Crippen molar-refractivity contribution in [3.63, 3.8) is 0 Å². The first-order chi connectivity index (χ1) is 9.90. The molecule has 0 bridgehead atoms. The van der Waals surface area contributed by atoms with Crippen LogP contribution in [-0.2, 0) is 4.79 Å². The molecule has 2 nitrogen and oxygen atoms in total. The maximum atomic E-state index is 14.0. The van der Waals surface area contributed by atoms with Gasteiger partial charge >= 0.3 is 0 Å². The van der Waals surface area contributed by atoms with Crippen LogP contribution in [0.3, 0.4) is 0 Å². The first-order valence-electron chi connectivity index (χ1n) is 6.48. The SMILES string of the molecule is CC(C)C(=O)Nc1cc(-c2ccccc2S)c(Cl)cc1F. The number of thiol groups is 1. The lowest BCUT2D eigenvalue weighted by molar-refractivity contribution is -0.118. The van der Waals surface area contributed by atoms with Gasteiger partial charge in [-0.05, 0) is 23.8 Å². The van der Waals surface area contributed by atoms with Gasteiger partial charge in [0, 0.05) is 16.4 Å². The summed E-state index contributed by atoms with van der Waals surface area (Å²) in [5, 5.41) is 2.84. The molecule has 0 aliphatic carbocycles. The normalized spacial score (nSPS) is 10.8. The molecular weight excluding hydrogens is 309 g/mol. The molecule has 2 rings (SSSR count). The van der Waals surface area contributed by atoms with E-state index in [4.69, 9.17) is 11.6 Å². The fourth-order valence-corrected chi connectivity index (χ4v) is 2.36. The van der Waals surface area contributed by atoms with Crippen LogP contribution in [0, 0.1) is 11.7 Å². The van der Waals surface area contributed by atoms with Crippen molar-refractivity contribution in [1.82, 2.24) is 0 Å². The second-order valence-corrected chi connectivity index (χ2v) is 5.86. The van der Waals surface area contributed by atoms with Crippen LogP contribution in [0.2, 0.25) is 5.02 Å². The zero-order valence-corrected chi connectivity index (χ0v) is 13.3. The highest BCUT2D eigenvalue weighted by Gasteiger charge is 2.15. The molecule has 0 saturated carbocycles. The molecular formula is C16H15ClFNOS. The number of hydrogen-bond donors (Lipinski definition) is 2. The van der Waals surface area contributed by atoms with Gasteiger partial charge < -0.3 is 5.32 Å². The van der Waals surface area contributed by atoms with Crippen LogP contribution in [0.5, 0.6) is 0 Å². The van der Waals surface area contributed by atoms with Gasteiger partial charge in [-0.3, -0.25) is 4.79 Å². The summed E-state index contributed by atoms with van der Waals surface area (Å²) in [6, 6.07) is 10.1. The van der Waals surface area contributed by atoms with Crippen LogP contribution < -0.4 is 5.32 Å². The maximum Gasteiger partial charge on any atom is 0.227 e. The Balaban J connectivity index is 2.49. The summed E-state index contributed by atoms with van der Waals surface area (Å²) in [5.41, 5.74) is 1.53. The van der Waals surface area contributed by atoms with Crippen molar-refractivity contribution >= 4 is 35.8 Å². The third-order valence-electron chi connectivity index (χ3n) is 3.03. The molecule has 0 spiro atoms. The highest BCUT2D eigenvalue weighted by Crippen LogP contribution is 2.35. The minimum Gasteiger partial charge on any atom is -0.323 e. The van der Waals surface area contributed by atoms with E-state index in [9.17, 15) is 9.18 Å². The Kier molecular flexibility index (Phi) is 4.91. The predicted molar refractivity (Wildman–Crippen MR) is 87.6 cm³/mol. The second kappa shape index (κ2) is 6.50. The lowest BCUT2D eigenvalue weighted by atomic mass is 10.0. The topological polar surface area (TPSA) is 29.1 Å². The number of anilines is 1. The number of halogens is 2. The third-order valence-corrected chi connectivity index (χ3v) is 3.74. The number of nitrogens with one attached hydrogen (secondary N) is 1. The van der Waals surface area contributed by atoms with Crippen molar-refractivity contribution in [1.29, 1.82) is 0 Å². The van der Waals surface area contributed by atoms with E-state index in [1.54, 1.807) is 13.8 Å². The van der Waals surface area contributed by atoms with E-state index in [-0.39, 0.29) is 22.5 Å². The van der Waals surface area contributed by atoms with Crippen LogP contribution in [0.4, 0.5) is 10.1 Å².